The summed E-state index contributed by atoms with van der Waals surface area (Å²) in [7, 11) is 1.59. The van der Waals surface area contributed by atoms with E-state index in [0.717, 1.165) is 22.3 Å². The summed E-state index contributed by atoms with van der Waals surface area (Å²) in [4.78, 5) is 24.6. The number of carbonyl (C=O) groups is 1. The lowest BCUT2D eigenvalue weighted by Gasteiger charge is -2.07. The Kier molecular flexibility index (Phi) is 5.12. The fourth-order valence-corrected chi connectivity index (χ4v) is 3.05. The zero-order valence-corrected chi connectivity index (χ0v) is 15.8. The Morgan fingerprint density at radius 1 is 0.897 bits per heavy atom. The smallest absolute Gasteiger partial charge is 0.344 e. The van der Waals surface area contributed by atoms with Crippen molar-refractivity contribution in [3.63, 3.8) is 0 Å². The fourth-order valence-electron chi connectivity index (χ4n) is 3.05. The Bertz CT molecular complexity index is 1210. The summed E-state index contributed by atoms with van der Waals surface area (Å²) >= 11 is 0. The lowest BCUT2D eigenvalue weighted by molar-refractivity contribution is -0.133. The molecule has 29 heavy (non-hydrogen) atoms. The molecule has 0 aliphatic carbocycles. The molecule has 0 spiro atoms. The maximum Gasteiger partial charge on any atom is 0.344 e. The van der Waals surface area contributed by atoms with Crippen molar-refractivity contribution in [3.05, 3.63) is 94.8 Å². The number of fused-ring (bicyclic) bond motifs is 1. The highest BCUT2D eigenvalue weighted by atomic mass is 16.5. The molecule has 0 atom stereocenters. The number of methoxy groups -OCH3 is 1. The molecular formula is C24H18O5. The van der Waals surface area contributed by atoms with Gasteiger partial charge in [0.15, 0.2) is 0 Å². The number of ether oxygens (including phenoxy) is 2. The number of benzene rings is 3. The summed E-state index contributed by atoms with van der Waals surface area (Å²) in [5, 5.41) is 0.749. The van der Waals surface area contributed by atoms with E-state index in [2.05, 4.69) is 0 Å². The van der Waals surface area contributed by atoms with Gasteiger partial charge in [-0.05, 0) is 41.5 Å². The molecule has 0 radical (unpaired) electrons. The Morgan fingerprint density at radius 2 is 1.62 bits per heavy atom. The molecule has 4 aromatic rings. The molecule has 0 aliphatic rings. The molecule has 0 saturated carbocycles. The van der Waals surface area contributed by atoms with Crippen LogP contribution in [0, 0.1) is 0 Å². The average Bonchev–Trinajstić information content (AvgIpc) is 2.74. The third kappa shape index (κ3) is 4.19. The predicted octanol–water partition coefficient (Wildman–Crippen LogP) is 4.62. The second-order valence-corrected chi connectivity index (χ2v) is 6.51. The lowest BCUT2D eigenvalue weighted by Crippen LogP contribution is -2.11. The third-order valence-corrected chi connectivity index (χ3v) is 4.53. The Hall–Kier alpha value is -3.86. The molecule has 1 aromatic heterocycles. The van der Waals surface area contributed by atoms with Gasteiger partial charge in [-0.3, -0.25) is 4.79 Å². The van der Waals surface area contributed by atoms with Gasteiger partial charge in [-0.2, -0.15) is 0 Å². The van der Waals surface area contributed by atoms with E-state index in [0.29, 0.717) is 16.9 Å². The van der Waals surface area contributed by atoms with Crippen LogP contribution in [0.25, 0.3) is 22.1 Å². The second-order valence-electron chi connectivity index (χ2n) is 6.51. The molecule has 0 fully saturated rings. The number of esters is 1. The summed E-state index contributed by atoms with van der Waals surface area (Å²) in [5.74, 6) is 0.644. The highest BCUT2D eigenvalue weighted by Gasteiger charge is 2.11. The van der Waals surface area contributed by atoms with Gasteiger partial charge in [0.1, 0.15) is 17.1 Å². The largest absolute Gasteiger partial charge is 0.497 e. The zero-order valence-electron chi connectivity index (χ0n) is 15.8. The molecule has 3 aromatic carbocycles. The van der Waals surface area contributed by atoms with Gasteiger partial charge in [0.2, 0.25) is 0 Å². The van der Waals surface area contributed by atoms with Crippen LogP contribution in [0.4, 0.5) is 0 Å². The van der Waals surface area contributed by atoms with E-state index in [1.54, 1.807) is 43.5 Å². The molecule has 0 bridgehead atoms. The minimum absolute atomic E-state index is 0.124. The van der Waals surface area contributed by atoms with Crippen LogP contribution in [-0.2, 0) is 11.2 Å². The van der Waals surface area contributed by atoms with Gasteiger partial charge in [0.25, 0.3) is 0 Å². The van der Waals surface area contributed by atoms with Crippen LogP contribution in [-0.4, -0.2) is 13.1 Å². The van der Waals surface area contributed by atoms with Crippen LogP contribution in [0.5, 0.6) is 11.5 Å². The van der Waals surface area contributed by atoms with Gasteiger partial charge in [0, 0.05) is 11.5 Å². The van der Waals surface area contributed by atoms with Crippen molar-refractivity contribution < 1.29 is 18.7 Å². The quantitative estimate of drug-likeness (QED) is 0.285. The summed E-state index contributed by atoms with van der Waals surface area (Å²) in [6.07, 6.45) is 0.124. The van der Waals surface area contributed by atoms with E-state index in [1.165, 1.54) is 0 Å². The van der Waals surface area contributed by atoms with Gasteiger partial charge in [-0.15, -0.1) is 0 Å². The summed E-state index contributed by atoms with van der Waals surface area (Å²) in [6, 6.07) is 23.3. The molecular weight excluding hydrogens is 368 g/mol. The molecule has 5 nitrogen and oxygen atoms in total. The van der Waals surface area contributed by atoms with Crippen molar-refractivity contribution in [1.29, 1.82) is 0 Å². The second kappa shape index (κ2) is 8.02. The third-order valence-electron chi connectivity index (χ3n) is 4.53. The zero-order chi connectivity index (χ0) is 20.2. The normalized spacial score (nSPS) is 10.7. The van der Waals surface area contributed by atoms with Crippen LogP contribution in [0.1, 0.15) is 5.56 Å². The van der Waals surface area contributed by atoms with Gasteiger partial charge >= 0.3 is 11.6 Å². The summed E-state index contributed by atoms with van der Waals surface area (Å²) < 4.78 is 16.0. The Labute approximate surface area is 167 Å². The number of hydrogen-bond acceptors (Lipinski definition) is 5. The first-order valence-corrected chi connectivity index (χ1v) is 9.09. The Morgan fingerprint density at radius 3 is 2.34 bits per heavy atom. The molecule has 0 aliphatic heterocycles. The van der Waals surface area contributed by atoms with Gasteiger partial charge in [0.05, 0.1) is 19.1 Å². The maximum absolute atomic E-state index is 12.4. The van der Waals surface area contributed by atoms with E-state index >= 15 is 0 Å². The van der Waals surface area contributed by atoms with Crippen LogP contribution < -0.4 is 15.1 Å². The molecule has 0 unspecified atom stereocenters. The molecule has 0 amide bonds. The highest BCUT2D eigenvalue weighted by Crippen LogP contribution is 2.24. The lowest BCUT2D eigenvalue weighted by atomic mass is 10.1. The topological polar surface area (TPSA) is 65.7 Å². The minimum Gasteiger partial charge on any atom is -0.497 e. The first kappa shape index (κ1) is 18.5. The summed E-state index contributed by atoms with van der Waals surface area (Å²) in [5.41, 5.74) is 2.02. The summed E-state index contributed by atoms with van der Waals surface area (Å²) in [6.45, 7) is 0. The Balaban J connectivity index is 1.54. The van der Waals surface area contributed by atoms with E-state index in [-0.39, 0.29) is 6.42 Å². The van der Waals surface area contributed by atoms with Crippen LogP contribution >= 0.6 is 0 Å². The van der Waals surface area contributed by atoms with Gasteiger partial charge in [-0.1, -0.05) is 42.5 Å². The van der Waals surface area contributed by atoms with Crippen molar-refractivity contribution in [2.45, 2.75) is 6.42 Å². The monoisotopic (exact) mass is 386 g/mol. The number of rotatable bonds is 5. The molecule has 5 heteroatoms. The van der Waals surface area contributed by atoms with Crippen molar-refractivity contribution in [3.8, 4) is 22.6 Å². The first-order valence-electron chi connectivity index (χ1n) is 9.09. The predicted molar refractivity (Wildman–Crippen MR) is 110 cm³/mol. The van der Waals surface area contributed by atoms with Gasteiger partial charge in [-0.25, -0.2) is 4.79 Å². The molecule has 4 rings (SSSR count). The van der Waals surface area contributed by atoms with E-state index in [4.69, 9.17) is 13.9 Å². The standard InChI is InChI=1S/C24H18O5/c1-27-19-10-7-16(8-11-19)13-23(25)28-20-12-9-18-14-21(17-5-3-2-4-6-17)24(26)29-22(18)15-20/h2-12,14-15H,13H2,1H3. The SMILES string of the molecule is COc1ccc(CC(=O)Oc2ccc3cc(-c4ccccc4)c(=O)oc3c2)cc1. The van der Waals surface area contributed by atoms with Gasteiger partial charge < -0.3 is 13.9 Å². The van der Waals surface area contributed by atoms with E-state index < -0.39 is 11.6 Å². The molecule has 0 saturated heterocycles. The van der Waals surface area contributed by atoms with E-state index in [1.807, 2.05) is 42.5 Å². The fraction of sp³-hybridized carbons (Fsp3) is 0.0833. The van der Waals surface area contributed by atoms with Crippen molar-refractivity contribution >= 4 is 16.9 Å². The van der Waals surface area contributed by atoms with Crippen molar-refractivity contribution in [2.24, 2.45) is 0 Å². The minimum atomic E-state index is -0.439. The van der Waals surface area contributed by atoms with Crippen LogP contribution in [0.2, 0.25) is 0 Å². The number of hydrogen-bond donors (Lipinski definition) is 0. The number of carbonyl (C=O) groups excluding carboxylic acids is 1. The average molecular weight is 386 g/mol. The van der Waals surface area contributed by atoms with E-state index in [9.17, 15) is 9.59 Å². The van der Waals surface area contributed by atoms with Crippen molar-refractivity contribution in [2.75, 3.05) is 7.11 Å². The molecule has 1 heterocycles. The maximum atomic E-state index is 12.4. The first-order chi connectivity index (χ1) is 14.1. The van der Waals surface area contributed by atoms with Crippen LogP contribution in [0.3, 0.4) is 0 Å². The highest BCUT2D eigenvalue weighted by molar-refractivity contribution is 5.84. The van der Waals surface area contributed by atoms with Crippen molar-refractivity contribution in [1.82, 2.24) is 0 Å². The van der Waals surface area contributed by atoms with Crippen LogP contribution in [0.15, 0.2) is 88.1 Å². The molecule has 0 N–H and O–H groups in total. The molecule has 144 valence electrons.